The van der Waals surface area contributed by atoms with Gasteiger partial charge < -0.3 is 0 Å². The molecule has 0 atom stereocenters. The number of halogens is 2. The monoisotopic (exact) mass is 338 g/mol. The molecule has 0 saturated heterocycles. The van der Waals surface area contributed by atoms with E-state index in [9.17, 15) is 4.79 Å². The average molecular weight is 339 g/mol. The predicted molar refractivity (Wildman–Crippen MR) is 92.9 cm³/mol. The number of Topliss-reactive ketones (excluding diaryl/α,β-unsaturated/α-hetero) is 1. The van der Waals surface area contributed by atoms with Crippen molar-refractivity contribution in [1.29, 1.82) is 0 Å². The van der Waals surface area contributed by atoms with E-state index in [0.717, 1.165) is 5.75 Å². The zero-order valence-corrected chi connectivity index (χ0v) is 14.3. The van der Waals surface area contributed by atoms with Crippen LogP contribution in [0.25, 0.3) is 0 Å². The van der Waals surface area contributed by atoms with Gasteiger partial charge in [-0.1, -0.05) is 52.5 Å². The minimum Gasteiger partial charge on any atom is -0.293 e. The molecule has 2 aromatic carbocycles. The molecule has 4 heteroatoms. The van der Waals surface area contributed by atoms with Gasteiger partial charge in [0.1, 0.15) is 0 Å². The third-order valence-electron chi connectivity index (χ3n) is 3.01. The minimum atomic E-state index is 0.0334. The highest BCUT2D eigenvalue weighted by atomic mass is 35.5. The topological polar surface area (TPSA) is 17.1 Å². The van der Waals surface area contributed by atoms with Crippen LogP contribution in [0.3, 0.4) is 0 Å². The van der Waals surface area contributed by atoms with E-state index in [-0.39, 0.29) is 5.78 Å². The van der Waals surface area contributed by atoms with Crippen LogP contribution in [0.1, 0.15) is 27.0 Å². The molecular formula is C17H16Cl2OS. The van der Waals surface area contributed by atoms with Crippen molar-refractivity contribution in [2.24, 2.45) is 0 Å². The van der Waals surface area contributed by atoms with Crippen molar-refractivity contribution in [3.63, 3.8) is 0 Å². The van der Waals surface area contributed by atoms with E-state index in [1.54, 1.807) is 30.0 Å². The fraction of sp³-hybridized carbons (Fsp3) is 0.235. The first-order valence-corrected chi connectivity index (χ1v) is 8.50. The van der Waals surface area contributed by atoms with E-state index >= 15 is 0 Å². The zero-order valence-electron chi connectivity index (χ0n) is 12.0. The Balaban J connectivity index is 1.95. The molecule has 0 fully saturated rings. The molecule has 0 amide bonds. The number of aryl methyl sites for hydroxylation is 2. The van der Waals surface area contributed by atoms with Crippen molar-refractivity contribution in [3.05, 3.63) is 68.7 Å². The average Bonchev–Trinajstić information content (AvgIpc) is 2.37. The third-order valence-corrected chi connectivity index (χ3v) is 4.57. The number of carbonyl (C=O) groups excluding carboxylic acids is 1. The van der Waals surface area contributed by atoms with Gasteiger partial charge in [-0.3, -0.25) is 4.79 Å². The highest BCUT2D eigenvalue weighted by Gasteiger charge is 2.11. The molecular weight excluding hydrogens is 323 g/mol. The highest BCUT2D eigenvalue weighted by molar-refractivity contribution is 7.99. The van der Waals surface area contributed by atoms with Gasteiger partial charge in [-0.05, 0) is 37.6 Å². The van der Waals surface area contributed by atoms with Crippen molar-refractivity contribution in [2.75, 3.05) is 5.75 Å². The van der Waals surface area contributed by atoms with Crippen LogP contribution in [0.4, 0.5) is 0 Å². The molecule has 0 aromatic heterocycles. The molecule has 0 spiro atoms. The largest absolute Gasteiger partial charge is 0.293 e. The summed E-state index contributed by atoms with van der Waals surface area (Å²) in [6.45, 7) is 4.17. The van der Waals surface area contributed by atoms with Crippen LogP contribution in [0, 0.1) is 13.8 Å². The highest BCUT2D eigenvalue weighted by Crippen LogP contribution is 2.23. The third kappa shape index (κ3) is 4.77. The Morgan fingerprint density at radius 3 is 2.33 bits per heavy atom. The van der Waals surface area contributed by atoms with Crippen molar-refractivity contribution in [2.45, 2.75) is 19.6 Å². The Morgan fingerprint density at radius 2 is 1.71 bits per heavy atom. The van der Waals surface area contributed by atoms with E-state index in [1.165, 1.54) is 16.7 Å². The van der Waals surface area contributed by atoms with Gasteiger partial charge in [0.15, 0.2) is 5.78 Å². The normalized spacial score (nSPS) is 10.7. The van der Waals surface area contributed by atoms with Crippen LogP contribution in [0.5, 0.6) is 0 Å². The molecule has 0 saturated carbocycles. The summed E-state index contributed by atoms with van der Waals surface area (Å²) < 4.78 is 0. The van der Waals surface area contributed by atoms with Gasteiger partial charge in [-0.15, -0.1) is 11.8 Å². The van der Waals surface area contributed by atoms with Gasteiger partial charge in [0.25, 0.3) is 0 Å². The second-order valence-electron chi connectivity index (χ2n) is 5.04. The number of rotatable bonds is 5. The second-order valence-corrected chi connectivity index (χ2v) is 6.87. The number of ketones is 1. The Hall–Kier alpha value is -0.960. The summed E-state index contributed by atoms with van der Waals surface area (Å²) in [5, 5.41) is 0.957. The molecule has 21 heavy (non-hydrogen) atoms. The maximum Gasteiger partial charge on any atom is 0.174 e. The molecule has 110 valence electrons. The van der Waals surface area contributed by atoms with E-state index < -0.39 is 0 Å². The molecule has 0 unspecified atom stereocenters. The lowest BCUT2D eigenvalue weighted by Crippen LogP contribution is -2.03. The summed E-state index contributed by atoms with van der Waals surface area (Å²) in [5.41, 5.74) is 4.27. The number of benzene rings is 2. The summed E-state index contributed by atoms with van der Waals surface area (Å²) in [7, 11) is 0. The van der Waals surface area contributed by atoms with E-state index in [4.69, 9.17) is 23.2 Å². The Bertz CT molecular complexity index is 648. The first-order chi connectivity index (χ1) is 9.95. The molecule has 0 radical (unpaired) electrons. The summed E-state index contributed by atoms with van der Waals surface area (Å²) in [6.07, 6.45) is 0. The molecule has 0 heterocycles. The van der Waals surface area contributed by atoms with Crippen LogP contribution in [0.2, 0.25) is 10.0 Å². The quantitative estimate of drug-likeness (QED) is 0.648. The van der Waals surface area contributed by atoms with Crippen molar-refractivity contribution < 1.29 is 4.79 Å². The Morgan fingerprint density at radius 1 is 1.05 bits per heavy atom. The zero-order chi connectivity index (χ0) is 15.4. The number of hydrogen-bond donors (Lipinski definition) is 0. The Kier molecular flexibility index (Phi) is 5.74. The maximum absolute atomic E-state index is 12.2. The van der Waals surface area contributed by atoms with Gasteiger partial charge in [0.2, 0.25) is 0 Å². The first-order valence-electron chi connectivity index (χ1n) is 6.59. The smallest absolute Gasteiger partial charge is 0.174 e. The summed E-state index contributed by atoms with van der Waals surface area (Å²) >= 11 is 13.5. The van der Waals surface area contributed by atoms with Gasteiger partial charge in [0, 0.05) is 16.3 Å². The van der Waals surface area contributed by atoms with Crippen molar-refractivity contribution >= 4 is 40.7 Å². The van der Waals surface area contributed by atoms with Crippen LogP contribution in [-0.4, -0.2) is 11.5 Å². The Labute approximate surface area is 139 Å². The molecule has 0 N–H and O–H groups in total. The fourth-order valence-corrected chi connectivity index (χ4v) is 3.57. The van der Waals surface area contributed by atoms with Gasteiger partial charge in [-0.2, -0.15) is 0 Å². The minimum absolute atomic E-state index is 0.0334. The van der Waals surface area contributed by atoms with E-state index in [0.29, 0.717) is 21.4 Å². The molecule has 0 aliphatic heterocycles. The van der Waals surface area contributed by atoms with Crippen molar-refractivity contribution in [1.82, 2.24) is 0 Å². The van der Waals surface area contributed by atoms with Crippen LogP contribution in [-0.2, 0) is 5.75 Å². The number of thioether (sulfide) groups is 1. The van der Waals surface area contributed by atoms with Gasteiger partial charge in [0.05, 0.1) is 10.8 Å². The van der Waals surface area contributed by atoms with Crippen molar-refractivity contribution in [3.8, 4) is 0 Å². The first kappa shape index (κ1) is 16.4. The lowest BCUT2D eigenvalue weighted by molar-refractivity contribution is 0.102. The molecule has 2 rings (SSSR count). The summed E-state index contributed by atoms with van der Waals surface area (Å²) in [5.74, 6) is 1.26. The van der Waals surface area contributed by atoms with E-state index in [1.807, 2.05) is 0 Å². The van der Waals surface area contributed by atoms with Crippen LogP contribution in [0.15, 0.2) is 36.4 Å². The van der Waals surface area contributed by atoms with Gasteiger partial charge >= 0.3 is 0 Å². The lowest BCUT2D eigenvalue weighted by Gasteiger charge is -2.06. The van der Waals surface area contributed by atoms with Crippen LogP contribution < -0.4 is 0 Å². The summed E-state index contributed by atoms with van der Waals surface area (Å²) in [6, 6.07) is 11.4. The molecule has 1 nitrogen and oxygen atoms in total. The standard InChI is InChI=1S/C17H16Cl2OS/c1-11-5-12(2)7-13(6-11)9-21-10-17(20)15-4-3-14(18)8-16(15)19/h3-8H,9-10H2,1-2H3. The fourth-order valence-electron chi connectivity index (χ4n) is 2.21. The summed E-state index contributed by atoms with van der Waals surface area (Å²) in [4.78, 5) is 12.2. The lowest BCUT2D eigenvalue weighted by atomic mass is 10.1. The predicted octanol–water partition coefficient (Wildman–Crippen LogP) is 5.73. The van der Waals surface area contributed by atoms with E-state index in [2.05, 4.69) is 32.0 Å². The van der Waals surface area contributed by atoms with Gasteiger partial charge in [-0.25, -0.2) is 0 Å². The number of hydrogen-bond acceptors (Lipinski definition) is 2. The molecule has 0 aliphatic carbocycles. The molecule has 2 aromatic rings. The SMILES string of the molecule is Cc1cc(C)cc(CSCC(=O)c2ccc(Cl)cc2Cl)c1. The van der Waals surface area contributed by atoms with Crippen LogP contribution >= 0.6 is 35.0 Å². The second kappa shape index (κ2) is 7.35. The molecule has 0 aliphatic rings. The number of carbonyl (C=O) groups is 1. The molecule has 0 bridgehead atoms. The maximum atomic E-state index is 12.2.